The van der Waals surface area contributed by atoms with Gasteiger partial charge in [0.1, 0.15) is 5.82 Å². The molecule has 1 aromatic carbocycles. The van der Waals surface area contributed by atoms with Gasteiger partial charge in [-0.2, -0.15) is 0 Å². The molecule has 1 unspecified atom stereocenters. The molecule has 6 heteroatoms. The molecule has 5 nitrogen and oxygen atoms in total. The number of hydrogen-bond acceptors (Lipinski definition) is 3. The summed E-state index contributed by atoms with van der Waals surface area (Å²) in [4.78, 5) is 22.8. The second kappa shape index (κ2) is 6.29. The minimum absolute atomic E-state index is 0.0256. The van der Waals surface area contributed by atoms with E-state index in [1.807, 2.05) is 13.8 Å². The summed E-state index contributed by atoms with van der Waals surface area (Å²) in [6.07, 6.45) is 0.735. The molecule has 5 N–H and O–H groups in total. The monoisotopic (exact) mass is 267 g/mol. The number of halogens is 1. The number of nitrogens with two attached hydrogens (primary N) is 2. The third-order valence-electron chi connectivity index (χ3n) is 3.07. The van der Waals surface area contributed by atoms with Gasteiger partial charge >= 0.3 is 0 Å². The maximum atomic E-state index is 13.5. The molecule has 0 aliphatic carbocycles. The third-order valence-corrected chi connectivity index (χ3v) is 3.07. The van der Waals surface area contributed by atoms with Crippen LogP contribution in [-0.2, 0) is 4.79 Å². The van der Waals surface area contributed by atoms with Crippen LogP contribution < -0.4 is 16.8 Å². The fourth-order valence-electron chi connectivity index (χ4n) is 1.50. The van der Waals surface area contributed by atoms with Gasteiger partial charge in [0.05, 0.1) is 11.7 Å². The van der Waals surface area contributed by atoms with E-state index < -0.39 is 23.7 Å². The van der Waals surface area contributed by atoms with Crippen molar-refractivity contribution in [3.8, 4) is 0 Å². The van der Waals surface area contributed by atoms with Crippen molar-refractivity contribution in [1.29, 1.82) is 0 Å². The summed E-state index contributed by atoms with van der Waals surface area (Å²) in [7, 11) is 0. The first-order chi connectivity index (χ1) is 8.86. The van der Waals surface area contributed by atoms with Crippen molar-refractivity contribution in [2.45, 2.75) is 26.3 Å². The molecule has 0 saturated heterocycles. The van der Waals surface area contributed by atoms with Crippen molar-refractivity contribution in [3.63, 3.8) is 0 Å². The van der Waals surface area contributed by atoms with Gasteiger partial charge in [0, 0.05) is 5.56 Å². The molecule has 0 aromatic heterocycles. The van der Waals surface area contributed by atoms with Gasteiger partial charge in [-0.15, -0.1) is 0 Å². The van der Waals surface area contributed by atoms with Crippen molar-refractivity contribution >= 4 is 17.5 Å². The Kier molecular flexibility index (Phi) is 5.00. The number of nitrogens with one attached hydrogen (secondary N) is 1. The molecule has 0 radical (unpaired) electrons. The van der Waals surface area contributed by atoms with Crippen LogP contribution in [0.25, 0.3) is 0 Å². The average molecular weight is 267 g/mol. The molecular formula is C13H18FN3O2. The van der Waals surface area contributed by atoms with Gasteiger partial charge in [-0.1, -0.05) is 20.3 Å². The lowest BCUT2D eigenvalue weighted by molar-refractivity contribution is -0.118. The zero-order chi connectivity index (χ0) is 14.6. The molecule has 0 fully saturated rings. The lowest BCUT2D eigenvalue weighted by Crippen LogP contribution is -2.40. The largest absolute Gasteiger partial charge is 0.366 e. The number of carbonyl (C=O) groups is 2. The van der Waals surface area contributed by atoms with Gasteiger partial charge in [-0.3, -0.25) is 9.59 Å². The normalized spacial score (nSPS) is 13.7. The van der Waals surface area contributed by atoms with E-state index in [9.17, 15) is 14.0 Å². The molecule has 0 bridgehead atoms. The van der Waals surface area contributed by atoms with Crippen LogP contribution in [0.5, 0.6) is 0 Å². The zero-order valence-electron chi connectivity index (χ0n) is 10.9. The first-order valence-corrected chi connectivity index (χ1v) is 6.02. The van der Waals surface area contributed by atoms with Crippen LogP contribution in [0.15, 0.2) is 18.2 Å². The lowest BCUT2D eigenvalue weighted by Gasteiger charge is -2.18. The summed E-state index contributed by atoms with van der Waals surface area (Å²) in [5, 5.41) is 2.37. The summed E-state index contributed by atoms with van der Waals surface area (Å²) >= 11 is 0. The van der Waals surface area contributed by atoms with E-state index in [0.29, 0.717) is 0 Å². The van der Waals surface area contributed by atoms with Gasteiger partial charge < -0.3 is 16.8 Å². The zero-order valence-corrected chi connectivity index (χ0v) is 10.9. The summed E-state index contributed by atoms with van der Waals surface area (Å²) in [6, 6.07) is 2.78. The maximum Gasteiger partial charge on any atom is 0.248 e. The fourth-order valence-corrected chi connectivity index (χ4v) is 1.50. The Morgan fingerprint density at radius 2 is 2.05 bits per heavy atom. The summed E-state index contributed by atoms with van der Waals surface area (Å²) in [5.74, 6) is -1.85. The lowest BCUT2D eigenvalue weighted by atomic mass is 9.99. The molecule has 19 heavy (non-hydrogen) atoms. The summed E-state index contributed by atoms with van der Waals surface area (Å²) < 4.78 is 13.5. The Morgan fingerprint density at radius 1 is 1.42 bits per heavy atom. The Morgan fingerprint density at radius 3 is 2.58 bits per heavy atom. The second-order valence-corrected chi connectivity index (χ2v) is 4.46. The summed E-state index contributed by atoms with van der Waals surface area (Å²) in [5.41, 5.74) is 10.9. The number of benzene rings is 1. The standard InChI is InChI=1S/C13H18FN3O2/c1-3-7(2)11(15)13(19)17-10-6-8(12(16)18)4-5-9(10)14/h4-7,11H,3,15H2,1-2H3,(H2,16,18)(H,17,19)/t7?,11-/m0/s1. The van der Waals surface area contributed by atoms with Crippen molar-refractivity contribution in [3.05, 3.63) is 29.6 Å². The van der Waals surface area contributed by atoms with Crippen LogP contribution in [0.2, 0.25) is 0 Å². The van der Waals surface area contributed by atoms with Crippen LogP contribution in [0.3, 0.4) is 0 Å². The first kappa shape index (κ1) is 15.1. The number of carbonyl (C=O) groups excluding carboxylic acids is 2. The van der Waals surface area contributed by atoms with Crippen LogP contribution >= 0.6 is 0 Å². The fraction of sp³-hybridized carbons (Fsp3) is 0.385. The van der Waals surface area contributed by atoms with E-state index in [4.69, 9.17) is 11.5 Å². The molecule has 0 saturated carbocycles. The molecule has 0 aliphatic rings. The van der Waals surface area contributed by atoms with E-state index in [1.54, 1.807) is 0 Å². The minimum Gasteiger partial charge on any atom is -0.366 e. The van der Waals surface area contributed by atoms with Crippen LogP contribution in [0, 0.1) is 11.7 Å². The van der Waals surface area contributed by atoms with E-state index in [-0.39, 0.29) is 17.2 Å². The first-order valence-electron chi connectivity index (χ1n) is 6.02. The van der Waals surface area contributed by atoms with Crippen molar-refractivity contribution in [1.82, 2.24) is 0 Å². The molecule has 1 aromatic rings. The molecule has 0 heterocycles. The predicted octanol–water partition coefficient (Wildman–Crippen LogP) is 1.24. The van der Waals surface area contributed by atoms with Gasteiger partial charge in [0.2, 0.25) is 11.8 Å². The molecule has 0 aliphatic heterocycles. The van der Waals surface area contributed by atoms with Gasteiger partial charge in [-0.25, -0.2) is 4.39 Å². The number of amides is 2. The molecule has 2 atom stereocenters. The summed E-state index contributed by atoms with van der Waals surface area (Å²) in [6.45, 7) is 3.74. The van der Waals surface area contributed by atoms with Gasteiger partial charge in [0.15, 0.2) is 0 Å². The van der Waals surface area contributed by atoms with Crippen LogP contribution in [0.4, 0.5) is 10.1 Å². The van der Waals surface area contributed by atoms with Crippen LogP contribution in [0.1, 0.15) is 30.6 Å². The number of hydrogen-bond donors (Lipinski definition) is 3. The Hall–Kier alpha value is -1.95. The molecular weight excluding hydrogens is 249 g/mol. The molecule has 0 spiro atoms. The quantitative estimate of drug-likeness (QED) is 0.748. The van der Waals surface area contributed by atoms with Crippen LogP contribution in [-0.4, -0.2) is 17.9 Å². The highest BCUT2D eigenvalue weighted by molar-refractivity contribution is 5.98. The smallest absolute Gasteiger partial charge is 0.248 e. The van der Waals surface area contributed by atoms with Crippen molar-refractivity contribution in [2.24, 2.45) is 17.4 Å². The Balaban J connectivity index is 2.90. The SMILES string of the molecule is CCC(C)[C@H](N)C(=O)Nc1cc(C(N)=O)ccc1F. The highest BCUT2D eigenvalue weighted by Gasteiger charge is 2.20. The second-order valence-electron chi connectivity index (χ2n) is 4.46. The molecule has 104 valence electrons. The van der Waals surface area contributed by atoms with E-state index in [0.717, 1.165) is 12.5 Å². The highest BCUT2D eigenvalue weighted by Crippen LogP contribution is 2.17. The predicted molar refractivity (Wildman–Crippen MR) is 71.0 cm³/mol. The van der Waals surface area contributed by atoms with Gasteiger partial charge in [0.25, 0.3) is 0 Å². The molecule has 2 amide bonds. The topological polar surface area (TPSA) is 98.2 Å². The van der Waals surface area contributed by atoms with Gasteiger partial charge in [-0.05, 0) is 24.1 Å². The van der Waals surface area contributed by atoms with Crippen molar-refractivity contribution in [2.75, 3.05) is 5.32 Å². The number of anilines is 1. The molecule has 1 rings (SSSR count). The maximum absolute atomic E-state index is 13.5. The number of primary amides is 1. The number of rotatable bonds is 5. The average Bonchev–Trinajstić information content (AvgIpc) is 2.38. The third kappa shape index (κ3) is 3.75. The Bertz CT molecular complexity index is 491. The highest BCUT2D eigenvalue weighted by atomic mass is 19.1. The minimum atomic E-state index is -0.735. The van der Waals surface area contributed by atoms with E-state index in [2.05, 4.69) is 5.32 Å². The van der Waals surface area contributed by atoms with E-state index >= 15 is 0 Å². The van der Waals surface area contributed by atoms with E-state index in [1.165, 1.54) is 12.1 Å². The Labute approximate surface area is 111 Å². The van der Waals surface area contributed by atoms with Crippen molar-refractivity contribution < 1.29 is 14.0 Å².